The van der Waals surface area contributed by atoms with Crippen LogP contribution in [0.3, 0.4) is 0 Å². The summed E-state index contributed by atoms with van der Waals surface area (Å²) >= 11 is 0. The second kappa shape index (κ2) is 9.57. The van der Waals surface area contributed by atoms with Crippen molar-refractivity contribution in [1.29, 1.82) is 0 Å². The number of amides is 2. The molecule has 1 saturated heterocycles. The van der Waals surface area contributed by atoms with Crippen LogP contribution in [0.15, 0.2) is 6.20 Å². The molecule has 6 nitrogen and oxygen atoms in total. The second-order valence-corrected chi connectivity index (χ2v) is 8.87. The van der Waals surface area contributed by atoms with Crippen LogP contribution in [0.5, 0.6) is 0 Å². The van der Waals surface area contributed by atoms with Crippen LogP contribution in [-0.2, 0) is 16.6 Å². The third-order valence-corrected chi connectivity index (χ3v) is 6.52. The Balaban J connectivity index is 1.39. The zero-order chi connectivity index (χ0) is 20.1. The van der Waals surface area contributed by atoms with Gasteiger partial charge < -0.3 is 10.2 Å². The van der Waals surface area contributed by atoms with Gasteiger partial charge in [0.25, 0.3) is 0 Å². The first-order valence-electron chi connectivity index (χ1n) is 11.0. The van der Waals surface area contributed by atoms with Gasteiger partial charge in [-0.2, -0.15) is 5.10 Å². The number of piperidine rings is 1. The largest absolute Gasteiger partial charge is 0.349 e. The maximum absolute atomic E-state index is 12.6. The average Bonchev–Trinajstić information content (AvgIpc) is 3.01. The minimum Gasteiger partial charge on any atom is -0.349 e. The van der Waals surface area contributed by atoms with E-state index in [1.165, 1.54) is 32.1 Å². The lowest BCUT2D eigenvalue weighted by Crippen LogP contribution is -2.40. The summed E-state index contributed by atoms with van der Waals surface area (Å²) < 4.78 is 1.79. The van der Waals surface area contributed by atoms with Gasteiger partial charge in [0.05, 0.1) is 11.7 Å². The van der Waals surface area contributed by atoms with E-state index >= 15 is 0 Å². The van der Waals surface area contributed by atoms with E-state index in [4.69, 9.17) is 0 Å². The molecular weight excluding hydrogens is 352 g/mol. The molecule has 1 N–H and O–H groups in total. The highest BCUT2D eigenvalue weighted by Crippen LogP contribution is 2.28. The predicted octanol–water partition coefficient (Wildman–Crippen LogP) is 3.50. The van der Waals surface area contributed by atoms with Crippen molar-refractivity contribution in [1.82, 2.24) is 20.0 Å². The van der Waals surface area contributed by atoms with Gasteiger partial charge in [0.1, 0.15) is 0 Å². The van der Waals surface area contributed by atoms with E-state index in [9.17, 15) is 9.59 Å². The van der Waals surface area contributed by atoms with Crippen molar-refractivity contribution in [2.45, 2.75) is 77.7 Å². The molecule has 1 atom stereocenters. The van der Waals surface area contributed by atoms with Gasteiger partial charge in [0.15, 0.2) is 0 Å². The van der Waals surface area contributed by atoms with Crippen LogP contribution in [0.25, 0.3) is 0 Å². The monoisotopic (exact) mass is 388 g/mol. The number of hydrogen-bond donors (Lipinski definition) is 1. The molecule has 3 rings (SSSR count). The SMILES string of the molecule is Cc1nn(C)cc1C(C)NC(=O)CC1CCN(C(=O)CC2CCCCC2)CC1. The number of aryl methyl sites for hydroxylation is 2. The standard InChI is InChI=1S/C22H36N4O2/c1-16(20-15-25(3)24-17(20)2)23-21(27)13-19-9-11-26(12-10-19)22(28)14-18-7-5-4-6-8-18/h15-16,18-19H,4-14H2,1-3H3,(H,23,27). The van der Waals surface area contributed by atoms with E-state index in [0.717, 1.165) is 43.6 Å². The molecule has 1 aromatic heterocycles. The molecule has 6 heteroatoms. The van der Waals surface area contributed by atoms with Crippen molar-refractivity contribution >= 4 is 11.8 Å². The summed E-state index contributed by atoms with van der Waals surface area (Å²) in [5.41, 5.74) is 2.03. The van der Waals surface area contributed by atoms with Gasteiger partial charge >= 0.3 is 0 Å². The van der Waals surface area contributed by atoms with Crippen LogP contribution in [0.1, 0.15) is 82.0 Å². The molecule has 0 radical (unpaired) electrons. The van der Waals surface area contributed by atoms with Gasteiger partial charge in [-0.25, -0.2) is 0 Å². The normalized spacial score (nSPS) is 20.2. The van der Waals surface area contributed by atoms with E-state index in [1.807, 2.05) is 32.0 Å². The quantitative estimate of drug-likeness (QED) is 0.811. The van der Waals surface area contributed by atoms with Gasteiger partial charge in [-0.1, -0.05) is 19.3 Å². The molecule has 2 aliphatic rings. The van der Waals surface area contributed by atoms with Gasteiger partial charge in [-0.15, -0.1) is 0 Å². The van der Waals surface area contributed by atoms with E-state index < -0.39 is 0 Å². The van der Waals surface area contributed by atoms with Crippen LogP contribution in [0.2, 0.25) is 0 Å². The predicted molar refractivity (Wildman–Crippen MR) is 110 cm³/mol. The maximum Gasteiger partial charge on any atom is 0.222 e. The number of hydrogen-bond acceptors (Lipinski definition) is 3. The molecule has 1 aromatic rings. The van der Waals surface area contributed by atoms with E-state index in [0.29, 0.717) is 24.2 Å². The molecular formula is C22H36N4O2. The number of aromatic nitrogens is 2. The van der Waals surface area contributed by atoms with Gasteiger partial charge in [-0.05, 0) is 51.4 Å². The van der Waals surface area contributed by atoms with Crippen LogP contribution < -0.4 is 5.32 Å². The van der Waals surface area contributed by atoms with Crippen molar-refractivity contribution < 1.29 is 9.59 Å². The van der Waals surface area contributed by atoms with Crippen LogP contribution >= 0.6 is 0 Å². The Morgan fingerprint density at radius 2 is 1.75 bits per heavy atom. The third kappa shape index (κ3) is 5.58. The summed E-state index contributed by atoms with van der Waals surface area (Å²) in [4.78, 5) is 27.1. The van der Waals surface area contributed by atoms with Crippen LogP contribution in [0.4, 0.5) is 0 Å². The topological polar surface area (TPSA) is 67.2 Å². The van der Waals surface area contributed by atoms with Crippen molar-refractivity contribution in [2.75, 3.05) is 13.1 Å². The van der Waals surface area contributed by atoms with Crippen LogP contribution in [0, 0.1) is 18.8 Å². The number of rotatable bonds is 6. The summed E-state index contributed by atoms with van der Waals surface area (Å²) in [6.45, 7) is 5.59. The number of likely N-dealkylation sites (tertiary alicyclic amines) is 1. The summed E-state index contributed by atoms with van der Waals surface area (Å²) in [5, 5.41) is 7.46. The average molecular weight is 389 g/mol. The zero-order valence-corrected chi connectivity index (χ0v) is 17.7. The first-order chi connectivity index (χ1) is 13.4. The second-order valence-electron chi connectivity index (χ2n) is 8.87. The molecule has 1 unspecified atom stereocenters. The molecule has 1 saturated carbocycles. The zero-order valence-electron chi connectivity index (χ0n) is 17.7. The smallest absolute Gasteiger partial charge is 0.222 e. The molecule has 0 aromatic carbocycles. The number of carbonyl (C=O) groups excluding carboxylic acids is 2. The first-order valence-corrected chi connectivity index (χ1v) is 11.0. The minimum absolute atomic E-state index is 0.0293. The Bertz CT molecular complexity index is 670. The Morgan fingerprint density at radius 1 is 1.11 bits per heavy atom. The highest BCUT2D eigenvalue weighted by molar-refractivity contribution is 5.77. The molecule has 1 aliphatic carbocycles. The summed E-state index contributed by atoms with van der Waals surface area (Å²) in [6, 6.07) is -0.0293. The van der Waals surface area contributed by atoms with Crippen LogP contribution in [-0.4, -0.2) is 39.6 Å². The molecule has 156 valence electrons. The molecule has 2 fully saturated rings. The molecule has 0 bridgehead atoms. The Hall–Kier alpha value is -1.85. The summed E-state index contributed by atoms with van der Waals surface area (Å²) in [5.74, 6) is 1.40. The number of nitrogens with zero attached hydrogens (tertiary/aromatic N) is 3. The van der Waals surface area contributed by atoms with Crippen molar-refractivity contribution in [3.63, 3.8) is 0 Å². The summed E-state index contributed by atoms with van der Waals surface area (Å²) in [6.07, 6.45) is 11.5. The fraction of sp³-hybridized carbons (Fsp3) is 0.773. The molecule has 0 spiro atoms. The molecule has 28 heavy (non-hydrogen) atoms. The lowest BCUT2D eigenvalue weighted by molar-refractivity contribution is -0.134. The first kappa shape index (κ1) is 20.9. The Kier molecular flexibility index (Phi) is 7.13. The van der Waals surface area contributed by atoms with E-state index in [-0.39, 0.29) is 11.9 Å². The molecule has 2 heterocycles. The minimum atomic E-state index is -0.0293. The Labute approximate surface area is 169 Å². The summed E-state index contributed by atoms with van der Waals surface area (Å²) in [7, 11) is 1.90. The Morgan fingerprint density at radius 3 is 2.36 bits per heavy atom. The highest BCUT2D eigenvalue weighted by Gasteiger charge is 2.27. The highest BCUT2D eigenvalue weighted by atomic mass is 16.2. The van der Waals surface area contributed by atoms with E-state index in [1.54, 1.807) is 4.68 Å². The van der Waals surface area contributed by atoms with Crippen molar-refractivity contribution in [3.05, 3.63) is 17.5 Å². The van der Waals surface area contributed by atoms with Crippen molar-refractivity contribution in [3.8, 4) is 0 Å². The lowest BCUT2D eigenvalue weighted by Gasteiger charge is -2.33. The van der Waals surface area contributed by atoms with Gasteiger partial charge in [-0.3, -0.25) is 14.3 Å². The van der Waals surface area contributed by atoms with Crippen molar-refractivity contribution in [2.24, 2.45) is 18.9 Å². The number of nitrogens with one attached hydrogen (secondary N) is 1. The van der Waals surface area contributed by atoms with Gasteiger partial charge in [0.2, 0.25) is 11.8 Å². The molecule has 1 aliphatic heterocycles. The molecule has 2 amide bonds. The van der Waals surface area contributed by atoms with E-state index in [2.05, 4.69) is 10.4 Å². The third-order valence-electron chi connectivity index (χ3n) is 6.52. The van der Waals surface area contributed by atoms with Gasteiger partial charge in [0, 0.05) is 44.7 Å². The lowest BCUT2D eigenvalue weighted by atomic mass is 9.86. The fourth-order valence-electron chi connectivity index (χ4n) is 4.84. The maximum atomic E-state index is 12.6. The fourth-order valence-corrected chi connectivity index (χ4v) is 4.84. The number of carbonyl (C=O) groups is 2.